The molecular formula is C24H34N2O4. The Hall–Kier alpha value is -2.57. The summed E-state index contributed by atoms with van der Waals surface area (Å²) in [6.45, 7) is 9.98. The topological polar surface area (TPSA) is 60.0 Å². The molecule has 1 atom stereocenters. The maximum atomic E-state index is 12.9. The van der Waals surface area contributed by atoms with Gasteiger partial charge in [-0.05, 0) is 49.8 Å². The van der Waals surface area contributed by atoms with Crippen LogP contribution < -0.4 is 14.8 Å². The van der Waals surface area contributed by atoms with Crippen LogP contribution >= 0.6 is 0 Å². The SMILES string of the molecule is CCOCCOc1ccccc1C(=O)NCC(c1cccc(OC)c1)N(CC)CC. The molecule has 2 aromatic carbocycles. The lowest BCUT2D eigenvalue weighted by molar-refractivity contribution is 0.0919. The summed E-state index contributed by atoms with van der Waals surface area (Å²) in [6, 6.07) is 15.3. The minimum atomic E-state index is -0.151. The third kappa shape index (κ3) is 6.75. The second-order valence-corrected chi connectivity index (χ2v) is 6.77. The van der Waals surface area contributed by atoms with Crippen molar-refractivity contribution in [2.45, 2.75) is 26.8 Å². The van der Waals surface area contributed by atoms with Crippen LogP contribution in [0.25, 0.3) is 0 Å². The van der Waals surface area contributed by atoms with Crippen molar-refractivity contribution >= 4 is 5.91 Å². The molecule has 0 aliphatic carbocycles. The van der Waals surface area contributed by atoms with Crippen molar-refractivity contribution in [2.75, 3.05) is 46.6 Å². The van der Waals surface area contributed by atoms with Gasteiger partial charge in [0.05, 0.1) is 25.3 Å². The minimum Gasteiger partial charge on any atom is -0.497 e. The fourth-order valence-electron chi connectivity index (χ4n) is 3.39. The normalized spacial score (nSPS) is 11.9. The first-order chi connectivity index (χ1) is 14.6. The molecule has 164 valence electrons. The number of hydrogen-bond acceptors (Lipinski definition) is 5. The van der Waals surface area contributed by atoms with Crippen molar-refractivity contribution < 1.29 is 19.0 Å². The lowest BCUT2D eigenvalue weighted by atomic mass is 10.0. The second-order valence-electron chi connectivity index (χ2n) is 6.77. The van der Waals surface area contributed by atoms with Gasteiger partial charge in [-0.15, -0.1) is 0 Å². The third-order valence-electron chi connectivity index (χ3n) is 5.01. The third-order valence-corrected chi connectivity index (χ3v) is 5.01. The van der Waals surface area contributed by atoms with Gasteiger partial charge in [-0.3, -0.25) is 9.69 Å². The first-order valence-electron chi connectivity index (χ1n) is 10.6. The molecule has 1 amide bonds. The largest absolute Gasteiger partial charge is 0.497 e. The van der Waals surface area contributed by atoms with Gasteiger partial charge in [0.2, 0.25) is 0 Å². The Morgan fingerprint density at radius 2 is 1.80 bits per heavy atom. The number of carbonyl (C=O) groups excluding carboxylic acids is 1. The smallest absolute Gasteiger partial charge is 0.255 e. The van der Waals surface area contributed by atoms with E-state index in [-0.39, 0.29) is 11.9 Å². The summed E-state index contributed by atoms with van der Waals surface area (Å²) in [5.74, 6) is 1.22. The van der Waals surface area contributed by atoms with Crippen LogP contribution in [0.15, 0.2) is 48.5 Å². The molecule has 0 aliphatic rings. The molecule has 30 heavy (non-hydrogen) atoms. The average Bonchev–Trinajstić information content (AvgIpc) is 2.79. The molecule has 1 unspecified atom stereocenters. The molecule has 2 rings (SSSR count). The van der Waals surface area contributed by atoms with E-state index in [2.05, 4.69) is 30.1 Å². The molecule has 0 aliphatic heterocycles. The predicted molar refractivity (Wildman–Crippen MR) is 119 cm³/mol. The molecule has 1 N–H and O–H groups in total. The minimum absolute atomic E-state index is 0.0464. The van der Waals surface area contributed by atoms with Crippen molar-refractivity contribution in [2.24, 2.45) is 0 Å². The van der Waals surface area contributed by atoms with E-state index in [9.17, 15) is 4.79 Å². The lowest BCUT2D eigenvalue weighted by Crippen LogP contribution is -2.38. The number of carbonyl (C=O) groups is 1. The van der Waals surface area contributed by atoms with E-state index >= 15 is 0 Å². The molecule has 0 radical (unpaired) electrons. The molecule has 0 heterocycles. The summed E-state index contributed by atoms with van der Waals surface area (Å²) >= 11 is 0. The summed E-state index contributed by atoms with van der Waals surface area (Å²) in [7, 11) is 1.66. The number of ether oxygens (including phenoxy) is 3. The summed E-state index contributed by atoms with van der Waals surface area (Å²) in [4.78, 5) is 15.3. The van der Waals surface area contributed by atoms with Gasteiger partial charge in [0.15, 0.2) is 0 Å². The fraction of sp³-hybridized carbons (Fsp3) is 0.458. The van der Waals surface area contributed by atoms with E-state index in [1.807, 2.05) is 43.3 Å². The van der Waals surface area contributed by atoms with Gasteiger partial charge in [-0.25, -0.2) is 0 Å². The number of methoxy groups -OCH3 is 1. The summed E-state index contributed by atoms with van der Waals surface area (Å²) in [6.07, 6.45) is 0. The van der Waals surface area contributed by atoms with Crippen LogP contribution in [-0.2, 0) is 4.74 Å². The highest BCUT2D eigenvalue weighted by atomic mass is 16.5. The molecule has 2 aromatic rings. The van der Waals surface area contributed by atoms with Gasteiger partial charge < -0.3 is 19.5 Å². The Morgan fingerprint density at radius 1 is 1.03 bits per heavy atom. The van der Waals surface area contributed by atoms with E-state index in [0.29, 0.717) is 37.7 Å². The molecule has 0 saturated heterocycles. The standard InChI is InChI=1S/C24H34N2O4/c1-5-26(6-2)22(19-11-10-12-20(17-19)28-4)18-25-24(27)21-13-8-9-14-23(21)30-16-15-29-7-3/h8-14,17,22H,5-7,15-16,18H2,1-4H3,(H,25,27). The zero-order valence-electron chi connectivity index (χ0n) is 18.5. The molecule has 6 nitrogen and oxygen atoms in total. The number of rotatable bonds is 13. The zero-order chi connectivity index (χ0) is 21.8. The number of hydrogen-bond donors (Lipinski definition) is 1. The van der Waals surface area contributed by atoms with Gasteiger partial charge in [-0.1, -0.05) is 38.1 Å². The van der Waals surface area contributed by atoms with Gasteiger partial charge >= 0.3 is 0 Å². The van der Waals surface area contributed by atoms with Gasteiger partial charge in [-0.2, -0.15) is 0 Å². The van der Waals surface area contributed by atoms with Crippen LogP contribution in [0.4, 0.5) is 0 Å². The van der Waals surface area contributed by atoms with Crippen molar-refractivity contribution in [3.05, 3.63) is 59.7 Å². The van der Waals surface area contributed by atoms with Crippen molar-refractivity contribution in [3.8, 4) is 11.5 Å². The molecule has 0 fully saturated rings. The summed E-state index contributed by atoms with van der Waals surface area (Å²) < 4.78 is 16.5. The molecule has 0 bridgehead atoms. The Morgan fingerprint density at radius 3 is 2.50 bits per heavy atom. The second kappa shape index (κ2) is 12.9. The van der Waals surface area contributed by atoms with Crippen LogP contribution in [-0.4, -0.2) is 57.4 Å². The highest BCUT2D eigenvalue weighted by Gasteiger charge is 2.21. The Kier molecular flexibility index (Phi) is 10.2. The monoisotopic (exact) mass is 414 g/mol. The zero-order valence-corrected chi connectivity index (χ0v) is 18.5. The van der Waals surface area contributed by atoms with Crippen LogP contribution in [0.3, 0.4) is 0 Å². The summed E-state index contributed by atoms with van der Waals surface area (Å²) in [5, 5.41) is 3.09. The molecular weight excluding hydrogens is 380 g/mol. The lowest BCUT2D eigenvalue weighted by Gasteiger charge is -2.30. The van der Waals surface area contributed by atoms with Crippen molar-refractivity contribution in [1.82, 2.24) is 10.2 Å². The maximum Gasteiger partial charge on any atom is 0.255 e. The van der Waals surface area contributed by atoms with E-state index in [1.165, 1.54) is 0 Å². The number of nitrogens with one attached hydrogen (secondary N) is 1. The molecule has 6 heteroatoms. The first-order valence-corrected chi connectivity index (χ1v) is 10.6. The number of likely N-dealkylation sites (N-methyl/N-ethyl adjacent to an activating group) is 1. The number of benzene rings is 2. The van der Waals surface area contributed by atoms with Crippen LogP contribution in [0.5, 0.6) is 11.5 Å². The average molecular weight is 415 g/mol. The first kappa shape index (κ1) is 23.7. The highest BCUT2D eigenvalue weighted by molar-refractivity contribution is 5.96. The van der Waals surface area contributed by atoms with Crippen LogP contribution in [0.1, 0.15) is 42.7 Å². The number of nitrogens with zero attached hydrogens (tertiary/aromatic N) is 1. The predicted octanol–water partition coefficient (Wildman–Crippen LogP) is 3.92. The molecule has 0 aromatic heterocycles. The van der Waals surface area contributed by atoms with E-state index < -0.39 is 0 Å². The highest BCUT2D eigenvalue weighted by Crippen LogP contribution is 2.24. The Balaban J connectivity index is 2.12. The van der Waals surface area contributed by atoms with E-state index in [1.54, 1.807) is 13.2 Å². The van der Waals surface area contributed by atoms with Gasteiger partial charge in [0, 0.05) is 13.2 Å². The Labute approximate surface area is 180 Å². The fourth-order valence-corrected chi connectivity index (χ4v) is 3.39. The van der Waals surface area contributed by atoms with Crippen molar-refractivity contribution in [1.29, 1.82) is 0 Å². The van der Waals surface area contributed by atoms with Crippen LogP contribution in [0, 0.1) is 0 Å². The van der Waals surface area contributed by atoms with Crippen LogP contribution in [0.2, 0.25) is 0 Å². The number of para-hydroxylation sites is 1. The molecule has 0 saturated carbocycles. The maximum absolute atomic E-state index is 12.9. The van der Waals surface area contributed by atoms with Crippen molar-refractivity contribution in [3.63, 3.8) is 0 Å². The summed E-state index contributed by atoms with van der Waals surface area (Å²) in [5.41, 5.74) is 1.64. The Bertz CT molecular complexity index is 777. The van der Waals surface area contributed by atoms with Gasteiger partial charge in [0.25, 0.3) is 5.91 Å². The number of amides is 1. The van der Waals surface area contributed by atoms with E-state index in [0.717, 1.165) is 24.4 Å². The quantitative estimate of drug-likeness (QED) is 0.504. The van der Waals surface area contributed by atoms with E-state index in [4.69, 9.17) is 14.2 Å². The van der Waals surface area contributed by atoms with Gasteiger partial charge in [0.1, 0.15) is 18.1 Å². The molecule has 0 spiro atoms.